The summed E-state index contributed by atoms with van der Waals surface area (Å²) < 4.78 is 5.50. The van der Waals surface area contributed by atoms with Gasteiger partial charge in [-0.25, -0.2) is 4.99 Å². The molecule has 2 N–H and O–H groups in total. The summed E-state index contributed by atoms with van der Waals surface area (Å²) in [4.78, 5) is 11.6. The van der Waals surface area contributed by atoms with Gasteiger partial charge in [-0.15, -0.1) is 0 Å². The van der Waals surface area contributed by atoms with Crippen LogP contribution in [0.1, 0.15) is 24.7 Å². The molecule has 1 aromatic carbocycles. The van der Waals surface area contributed by atoms with E-state index < -0.39 is 0 Å². The number of guanidine groups is 1. The van der Waals surface area contributed by atoms with E-state index in [4.69, 9.17) is 9.73 Å². The molecule has 0 radical (unpaired) electrons. The van der Waals surface area contributed by atoms with Crippen molar-refractivity contribution in [1.29, 1.82) is 0 Å². The van der Waals surface area contributed by atoms with Crippen molar-refractivity contribution in [3.63, 3.8) is 0 Å². The number of benzene rings is 1. The first-order valence-corrected chi connectivity index (χ1v) is 9.55. The van der Waals surface area contributed by atoms with Gasteiger partial charge in [0, 0.05) is 31.4 Å². The van der Waals surface area contributed by atoms with Gasteiger partial charge in [0.2, 0.25) is 0 Å². The number of nitrogens with zero attached hydrogens (tertiary/aromatic N) is 3. The number of nitrogens with one attached hydrogen (secondary N) is 2. The Morgan fingerprint density at radius 1 is 1.26 bits per heavy atom. The summed E-state index contributed by atoms with van der Waals surface area (Å²) in [5.41, 5.74) is 3.15. The van der Waals surface area contributed by atoms with Crippen LogP contribution in [-0.2, 0) is 6.54 Å². The second-order valence-electron chi connectivity index (χ2n) is 6.71. The summed E-state index contributed by atoms with van der Waals surface area (Å²) >= 11 is 0. The summed E-state index contributed by atoms with van der Waals surface area (Å²) in [7, 11) is 1.72. The molecule has 2 heterocycles. The van der Waals surface area contributed by atoms with Crippen LogP contribution in [0.5, 0.6) is 5.75 Å². The van der Waals surface area contributed by atoms with Gasteiger partial charge in [0.05, 0.1) is 25.0 Å². The zero-order valence-electron chi connectivity index (χ0n) is 16.4. The maximum Gasteiger partial charge on any atom is 0.191 e. The van der Waals surface area contributed by atoms with E-state index in [0.29, 0.717) is 12.6 Å². The highest BCUT2D eigenvalue weighted by Crippen LogP contribution is 2.30. The van der Waals surface area contributed by atoms with E-state index in [1.807, 2.05) is 37.3 Å². The minimum atomic E-state index is 0.346. The van der Waals surface area contributed by atoms with Crippen LogP contribution in [0.3, 0.4) is 0 Å². The molecule has 1 fully saturated rings. The van der Waals surface area contributed by atoms with E-state index in [-0.39, 0.29) is 0 Å². The molecule has 6 heteroatoms. The predicted molar refractivity (Wildman–Crippen MR) is 111 cm³/mol. The molecule has 1 atom stereocenters. The Labute approximate surface area is 161 Å². The summed E-state index contributed by atoms with van der Waals surface area (Å²) in [6.07, 6.45) is 1.06. The van der Waals surface area contributed by atoms with Crippen molar-refractivity contribution < 1.29 is 4.74 Å². The van der Waals surface area contributed by atoms with Crippen molar-refractivity contribution >= 4 is 11.6 Å². The highest BCUT2D eigenvalue weighted by atomic mass is 16.5. The summed E-state index contributed by atoms with van der Waals surface area (Å²) in [5, 5.41) is 6.91. The molecule has 0 amide bonds. The Morgan fingerprint density at radius 2 is 2.11 bits per heavy atom. The summed E-state index contributed by atoms with van der Waals surface area (Å²) in [5.74, 6) is 1.76. The fourth-order valence-electron chi connectivity index (χ4n) is 3.35. The van der Waals surface area contributed by atoms with Gasteiger partial charge in [0.25, 0.3) is 0 Å². The molecule has 1 aliphatic rings. The van der Waals surface area contributed by atoms with Gasteiger partial charge in [-0.1, -0.05) is 18.2 Å². The Balaban J connectivity index is 1.62. The molecule has 0 aliphatic carbocycles. The number of aryl methyl sites for hydroxylation is 1. The average Bonchev–Trinajstić information content (AvgIpc) is 3.14. The number of ether oxygens (including phenoxy) is 1. The first-order valence-electron chi connectivity index (χ1n) is 9.55. The van der Waals surface area contributed by atoms with Gasteiger partial charge in [-0.05, 0) is 44.5 Å². The van der Waals surface area contributed by atoms with Gasteiger partial charge in [0.15, 0.2) is 5.96 Å². The van der Waals surface area contributed by atoms with Crippen molar-refractivity contribution in [2.24, 2.45) is 4.99 Å². The van der Waals surface area contributed by atoms with E-state index in [0.717, 1.165) is 54.8 Å². The van der Waals surface area contributed by atoms with E-state index in [9.17, 15) is 0 Å². The van der Waals surface area contributed by atoms with E-state index in [1.165, 1.54) is 0 Å². The Bertz CT molecular complexity index is 777. The number of aliphatic imine (C=N–C) groups is 1. The largest absolute Gasteiger partial charge is 0.495 e. The van der Waals surface area contributed by atoms with Crippen molar-refractivity contribution in [2.45, 2.75) is 32.9 Å². The topological polar surface area (TPSA) is 61.8 Å². The maximum atomic E-state index is 5.50. The average molecular weight is 367 g/mol. The maximum absolute atomic E-state index is 5.50. The number of hydrogen-bond donors (Lipinski definition) is 2. The Morgan fingerprint density at radius 3 is 2.89 bits per heavy atom. The molecule has 1 aliphatic heterocycles. The van der Waals surface area contributed by atoms with Gasteiger partial charge >= 0.3 is 0 Å². The first-order chi connectivity index (χ1) is 13.2. The summed E-state index contributed by atoms with van der Waals surface area (Å²) in [6, 6.07) is 14.6. The number of rotatable bonds is 6. The molecule has 144 valence electrons. The summed E-state index contributed by atoms with van der Waals surface area (Å²) in [6.45, 7) is 7.40. The third-order valence-corrected chi connectivity index (χ3v) is 4.64. The molecule has 0 saturated carbocycles. The molecule has 1 unspecified atom stereocenters. The number of methoxy groups -OCH3 is 1. The number of hydrogen-bond acceptors (Lipinski definition) is 4. The van der Waals surface area contributed by atoms with Gasteiger partial charge in [0.1, 0.15) is 5.75 Å². The SMILES string of the molecule is CCNC(=NCc1cccc(C)n1)NC1CCN(c2ccccc2OC)C1. The van der Waals surface area contributed by atoms with Gasteiger partial charge in [-0.2, -0.15) is 0 Å². The molecule has 3 rings (SSSR count). The van der Waals surface area contributed by atoms with E-state index >= 15 is 0 Å². The van der Waals surface area contributed by atoms with Gasteiger partial charge < -0.3 is 20.3 Å². The molecular weight excluding hydrogens is 338 g/mol. The number of pyridine rings is 1. The van der Waals surface area contributed by atoms with Crippen molar-refractivity contribution in [3.05, 3.63) is 53.9 Å². The molecule has 1 aromatic heterocycles. The van der Waals surface area contributed by atoms with Crippen LogP contribution >= 0.6 is 0 Å². The second kappa shape index (κ2) is 9.26. The lowest BCUT2D eigenvalue weighted by atomic mass is 10.2. The lowest BCUT2D eigenvalue weighted by Gasteiger charge is -2.22. The van der Waals surface area contributed by atoms with Crippen LogP contribution in [0.4, 0.5) is 5.69 Å². The Hall–Kier alpha value is -2.76. The predicted octanol–water partition coefficient (Wildman–Crippen LogP) is 2.73. The Kier molecular flexibility index (Phi) is 6.52. The van der Waals surface area contributed by atoms with E-state index in [1.54, 1.807) is 7.11 Å². The van der Waals surface area contributed by atoms with Crippen LogP contribution in [0.2, 0.25) is 0 Å². The molecule has 0 spiro atoms. The molecular formula is C21H29N5O. The lowest BCUT2D eigenvalue weighted by molar-refractivity contribution is 0.415. The first kappa shape index (κ1) is 19.0. The minimum Gasteiger partial charge on any atom is -0.495 e. The molecule has 2 aromatic rings. The lowest BCUT2D eigenvalue weighted by Crippen LogP contribution is -2.44. The van der Waals surface area contributed by atoms with Crippen molar-refractivity contribution in [3.8, 4) is 5.75 Å². The molecule has 1 saturated heterocycles. The van der Waals surface area contributed by atoms with Crippen molar-refractivity contribution in [2.75, 3.05) is 31.6 Å². The van der Waals surface area contributed by atoms with E-state index in [2.05, 4.69) is 39.6 Å². The quantitative estimate of drug-likeness (QED) is 0.607. The van der Waals surface area contributed by atoms with Crippen LogP contribution in [-0.4, -0.2) is 43.7 Å². The van der Waals surface area contributed by atoms with Crippen molar-refractivity contribution in [1.82, 2.24) is 15.6 Å². The fraction of sp³-hybridized carbons (Fsp3) is 0.429. The highest BCUT2D eigenvalue weighted by Gasteiger charge is 2.25. The fourth-order valence-corrected chi connectivity index (χ4v) is 3.35. The van der Waals surface area contributed by atoms with Crippen LogP contribution < -0.4 is 20.3 Å². The number of aromatic nitrogens is 1. The molecule has 6 nitrogen and oxygen atoms in total. The van der Waals surface area contributed by atoms with Crippen LogP contribution in [0.15, 0.2) is 47.5 Å². The third-order valence-electron chi connectivity index (χ3n) is 4.64. The monoisotopic (exact) mass is 367 g/mol. The number of anilines is 1. The van der Waals surface area contributed by atoms with Crippen LogP contribution in [0, 0.1) is 6.92 Å². The molecule has 27 heavy (non-hydrogen) atoms. The zero-order valence-corrected chi connectivity index (χ0v) is 16.4. The van der Waals surface area contributed by atoms with Gasteiger partial charge in [-0.3, -0.25) is 4.98 Å². The smallest absolute Gasteiger partial charge is 0.191 e. The third kappa shape index (κ3) is 5.12. The number of para-hydroxylation sites is 2. The second-order valence-corrected chi connectivity index (χ2v) is 6.71. The zero-order chi connectivity index (χ0) is 19.1. The van der Waals surface area contributed by atoms with Crippen LogP contribution in [0.25, 0.3) is 0 Å². The normalized spacial score (nSPS) is 17.1. The highest BCUT2D eigenvalue weighted by molar-refractivity contribution is 5.80. The molecule has 0 bridgehead atoms. The minimum absolute atomic E-state index is 0.346. The standard InChI is InChI=1S/C21H29N5O/c1-4-22-21(23-14-17-9-7-8-16(2)24-17)25-18-12-13-26(15-18)19-10-5-6-11-20(19)27-3/h5-11,18H,4,12-15H2,1-3H3,(H2,22,23,25).